The summed E-state index contributed by atoms with van der Waals surface area (Å²) >= 11 is 13.0. The van der Waals surface area contributed by atoms with Crippen molar-refractivity contribution >= 4 is 87.6 Å². The number of benzene rings is 1. The number of aliphatic hydroxyl groups excluding tert-OH is 2. The molecule has 0 unspecified atom stereocenters. The van der Waals surface area contributed by atoms with Crippen molar-refractivity contribution in [1.82, 2.24) is 0 Å². The van der Waals surface area contributed by atoms with Gasteiger partial charge in [0.05, 0.1) is 24.3 Å². The molecule has 2 aliphatic rings. The van der Waals surface area contributed by atoms with Crippen LogP contribution in [0.25, 0.3) is 0 Å². The minimum absolute atomic E-state index is 0.125. The normalized spacial score (nSPS) is 14.1. The smallest absolute Gasteiger partial charge is 0.348 e. The van der Waals surface area contributed by atoms with E-state index in [2.05, 4.69) is 73.2 Å². The van der Waals surface area contributed by atoms with Crippen LogP contribution in [-0.4, -0.2) is 47.3 Å². The Labute approximate surface area is 180 Å². The number of halogens is 4. The lowest BCUT2D eigenvalue weighted by Crippen LogP contribution is -1.97. The standard InChI is InChI=1S/C8Br4O3.C4H2O3.C2H6O2/c9-3-1-2(8(14)15-7(1)13)4(10)6(12)5(3)11;5-3-1-2-4(6)7-3;3-1-2-4/h;1-2H;3-4H,1-2H2. The highest BCUT2D eigenvalue weighted by Crippen LogP contribution is 2.44. The second-order valence-corrected chi connectivity index (χ2v) is 7.38. The fourth-order valence-electron chi connectivity index (χ4n) is 1.50. The lowest BCUT2D eigenvalue weighted by Gasteiger charge is -2.06. The average molecular weight is 624 g/mol. The van der Waals surface area contributed by atoms with Crippen molar-refractivity contribution in [3.8, 4) is 0 Å². The van der Waals surface area contributed by atoms with E-state index >= 15 is 0 Å². The first-order chi connectivity index (χ1) is 12.1. The van der Waals surface area contributed by atoms with Crippen molar-refractivity contribution in [3.05, 3.63) is 41.2 Å². The van der Waals surface area contributed by atoms with Gasteiger partial charge in [0.15, 0.2) is 0 Å². The molecule has 0 radical (unpaired) electrons. The summed E-state index contributed by atoms with van der Waals surface area (Å²) in [5.74, 6) is -2.44. The zero-order valence-corrected chi connectivity index (χ0v) is 18.8. The molecule has 140 valence electrons. The third kappa shape index (κ3) is 5.54. The van der Waals surface area contributed by atoms with E-state index in [1.807, 2.05) is 0 Å². The Morgan fingerprint density at radius 3 is 1.23 bits per heavy atom. The molecule has 0 aliphatic carbocycles. The fourth-order valence-corrected chi connectivity index (χ4v) is 3.95. The number of carbonyl (C=O) groups excluding carboxylic acids is 4. The third-order valence-electron chi connectivity index (χ3n) is 2.52. The maximum Gasteiger partial charge on any atom is 0.348 e. The van der Waals surface area contributed by atoms with Crippen molar-refractivity contribution in [1.29, 1.82) is 0 Å². The summed E-state index contributed by atoms with van der Waals surface area (Å²) in [6, 6.07) is 0. The maximum atomic E-state index is 11.4. The molecule has 2 N–H and O–H groups in total. The van der Waals surface area contributed by atoms with Crippen LogP contribution in [0.15, 0.2) is 30.0 Å². The zero-order valence-electron chi connectivity index (χ0n) is 12.4. The molecule has 0 bridgehead atoms. The molecule has 0 fully saturated rings. The molecular formula is C14H8Br4O8. The first-order valence-corrected chi connectivity index (χ1v) is 9.60. The minimum atomic E-state index is -0.643. The molecule has 8 nitrogen and oxygen atoms in total. The van der Waals surface area contributed by atoms with Gasteiger partial charge >= 0.3 is 23.9 Å². The number of cyclic esters (lactones) is 4. The number of rotatable bonds is 1. The van der Waals surface area contributed by atoms with E-state index < -0.39 is 23.9 Å². The van der Waals surface area contributed by atoms with Gasteiger partial charge in [0.2, 0.25) is 0 Å². The lowest BCUT2D eigenvalue weighted by molar-refractivity contribution is -0.150. The second-order valence-electron chi connectivity index (χ2n) is 4.20. The molecule has 0 atom stereocenters. The summed E-state index contributed by atoms with van der Waals surface area (Å²) in [7, 11) is 0. The molecular weight excluding hydrogens is 616 g/mol. The Hall–Kier alpha value is -0.920. The van der Waals surface area contributed by atoms with Crippen molar-refractivity contribution in [3.63, 3.8) is 0 Å². The molecule has 12 heteroatoms. The topological polar surface area (TPSA) is 127 Å². The largest absolute Gasteiger partial charge is 0.394 e. The number of carbonyl (C=O) groups is 4. The first kappa shape index (κ1) is 23.1. The molecule has 1 aromatic carbocycles. The number of ether oxygens (including phenoxy) is 2. The molecule has 0 saturated heterocycles. The Bertz CT molecular complexity index is 740. The van der Waals surface area contributed by atoms with Crippen molar-refractivity contribution in [2.75, 3.05) is 13.2 Å². The number of esters is 4. The molecule has 2 aliphatic heterocycles. The van der Waals surface area contributed by atoms with Crippen LogP contribution < -0.4 is 0 Å². The van der Waals surface area contributed by atoms with Crippen LogP contribution in [-0.2, 0) is 19.1 Å². The van der Waals surface area contributed by atoms with E-state index in [1.165, 1.54) is 0 Å². The van der Waals surface area contributed by atoms with E-state index in [4.69, 9.17) is 10.2 Å². The summed E-state index contributed by atoms with van der Waals surface area (Å²) in [6.07, 6.45) is 2.17. The van der Waals surface area contributed by atoms with E-state index in [9.17, 15) is 19.2 Å². The van der Waals surface area contributed by atoms with Crippen LogP contribution in [0.2, 0.25) is 0 Å². The van der Waals surface area contributed by atoms with Gasteiger partial charge in [-0.1, -0.05) is 0 Å². The van der Waals surface area contributed by atoms with Crippen molar-refractivity contribution in [2.24, 2.45) is 0 Å². The molecule has 26 heavy (non-hydrogen) atoms. The lowest BCUT2D eigenvalue weighted by atomic mass is 10.1. The molecule has 0 saturated carbocycles. The Balaban J connectivity index is 0.000000255. The zero-order chi connectivity index (χ0) is 20.0. The monoisotopic (exact) mass is 620 g/mol. The molecule has 1 aromatic rings. The maximum absolute atomic E-state index is 11.4. The molecule has 0 amide bonds. The predicted octanol–water partition coefficient (Wildman–Crippen LogP) is 2.64. The quantitative estimate of drug-likeness (QED) is 0.212. The SMILES string of the molecule is O=C1C=CC(=O)O1.O=C1OC(=O)c2c(Br)c(Br)c(Br)c(Br)c21.OCCO. The fraction of sp³-hybridized carbons (Fsp3) is 0.143. The van der Waals surface area contributed by atoms with Crippen molar-refractivity contribution < 1.29 is 38.9 Å². The van der Waals surface area contributed by atoms with Gasteiger partial charge in [-0.25, -0.2) is 19.2 Å². The van der Waals surface area contributed by atoms with Crippen LogP contribution in [0.5, 0.6) is 0 Å². The van der Waals surface area contributed by atoms with Gasteiger partial charge < -0.3 is 19.7 Å². The number of aliphatic hydroxyl groups is 2. The van der Waals surface area contributed by atoms with Gasteiger partial charge in [0.1, 0.15) is 0 Å². The summed E-state index contributed by atoms with van der Waals surface area (Å²) in [4.78, 5) is 42.6. The molecule has 0 spiro atoms. The van der Waals surface area contributed by atoms with E-state index in [0.29, 0.717) is 17.9 Å². The van der Waals surface area contributed by atoms with E-state index in [-0.39, 0.29) is 24.3 Å². The van der Waals surface area contributed by atoms with E-state index in [0.717, 1.165) is 12.2 Å². The van der Waals surface area contributed by atoms with Gasteiger partial charge in [-0.15, -0.1) is 0 Å². The summed E-state index contributed by atoms with van der Waals surface area (Å²) in [6.45, 7) is -0.250. The highest BCUT2D eigenvalue weighted by molar-refractivity contribution is 9.15. The summed E-state index contributed by atoms with van der Waals surface area (Å²) < 4.78 is 10.8. The highest BCUT2D eigenvalue weighted by atomic mass is 79.9. The second kappa shape index (κ2) is 10.4. The number of hydrogen-bond acceptors (Lipinski definition) is 8. The van der Waals surface area contributed by atoms with Crippen LogP contribution in [0, 0.1) is 0 Å². The van der Waals surface area contributed by atoms with Gasteiger partial charge in [-0.05, 0) is 63.7 Å². The number of fused-ring (bicyclic) bond motifs is 1. The Morgan fingerprint density at radius 1 is 0.654 bits per heavy atom. The number of hydrogen-bond donors (Lipinski definition) is 2. The average Bonchev–Trinajstić information content (AvgIpc) is 3.12. The molecule has 0 aromatic heterocycles. The van der Waals surface area contributed by atoms with Gasteiger partial charge in [0, 0.05) is 30.0 Å². The summed E-state index contributed by atoms with van der Waals surface area (Å²) in [5.41, 5.74) is 0.476. The van der Waals surface area contributed by atoms with Crippen LogP contribution in [0.4, 0.5) is 0 Å². The van der Waals surface area contributed by atoms with Gasteiger partial charge in [-0.3, -0.25) is 0 Å². The molecule has 2 heterocycles. The van der Waals surface area contributed by atoms with Crippen molar-refractivity contribution in [2.45, 2.75) is 0 Å². The minimum Gasteiger partial charge on any atom is -0.394 e. The third-order valence-corrected chi connectivity index (χ3v) is 7.29. The first-order valence-electron chi connectivity index (χ1n) is 6.43. The molecule has 3 rings (SSSR count). The van der Waals surface area contributed by atoms with Crippen LogP contribution >= 0.6 is 63.7 Å². The van der Waals surface area contributed by atoms with Gasteiger partial charge in [0.25, 0.3) is 0 Å². The van der Waals surface area contributed by atoms with E-state index in [1.54, 1.807) is 0 Å². The Kier molecular flexibility index (Phi) is 9.27. The van der Waals surface area contributed by atoms with Crippen LogP contribution in [0.3, 0.4) is 0 Å². The predicted molar refractivity (Wildman–Crippen MR) is 101 cm³/mol. The Morgan fingerprint density at radius 2 is 1.00 bits per heavy atom. The highest BCUT2D eigenvalue weighted by Gasteiger charge is 2.36. The summed E-state index contributed by atoms with van der Waals surface area (Å²) in [5, 5.41) is 15.2. The van der Waals surface area contributed by atoms with Crippen LogP contribution in [0.1, 0.15) is 20.7 Å². The van der Waals surface area contributed by atoms with Gasteiger partial charge in [-0.2, -0.15) is 0 Å².